The number of aryl methyl sites for hydroxylation is 2. The lowest BCUT2D eigenvalue weighted by Crippen LogP contribution is -1.99. The van der Waals surface area contributed by atoms with Crippen molar-refractivity contribution in [2.75, 3.05) is 6.61 Å². The van der Waals surface area contributed by atoms with Crippen LogP contribution in [0.15, 0.2) is 38.1 Å². The third-order valence-corrected chi connectivity index (χ3v) is 2.54. The summed E-state index contributed by atoms with van der Waals surface area (Å²) in [5.41, 5.74) is 3.62. The molecule has 0 bridgehead atoms. The quantitative estimate of drug-likeness (QED) is 0.763. The molecule has 2 aromatic rings. The van der Waals surface area contributed by atoms with Gasteiger partial charge in [-0.2, -0.15) is 0 Å². The van der Waals surface area contributed by atoms with Gasteiger partial charge in [-0.25, -0.2) is 4.79 Å². The normalized spacial score (nSPS) is 10.8. The number of hydrogen-bond donors (Lipinski definition) is 0. The van der Waals surface area contributed by atoms with E-state index in [1.165, 1.54) is 17.4 Å². The minimum Gasteiger partial charge on any atom is -0.399 e. The maximum atomic E-state index is 10.6. The Balaban J connectivity index is 1.80. The monoisotopic (exact) mass is 248 g/mol. The first-order valence-electron chi connectivity index (χ1n) is 5.86. The van der Waals surface area contributed by atoms with Crippen LogP contribution in [0.3, 0.4) is 0 Å². The van der Waals surface area contributed by atoms with Gasteiger partial charge >= 0.3 is 5.82 Å². The van der Waals surface area contributed by atoms with Crippen molar-refractivity contribution in [3.05, 3.63) is 57.5 Å². The molecule has 0 saturated heterocycles. The van der Waals surface area contributed by atoms with Gasteiger partial charge in [0.25, 0.3) is 0 Å². The Morgan fingerprint density at radius 1 is 1.17 bits per heavy atom. The van der Waals surface area contributed by atoms with Crippen LogP contribution in [0.2, 0.25) is 0 Å². The second-order valence-corrected chi connectivity index (χ2v) is 4.35. The van der Waals surface area contributed by atoms with Crippen LogP contribution in [0.4, 0.5) is 0 Å². The van der Waals surface area contributed by atoms with Crippen LogP contribution in [0.5, 0.6) is 0 Å². The van der Waals surface area contributed by atoms with Gasteiger partial charge in [0.1, 0.15) is 12.0 Å². The molecule has 0 fully saturated rings. The van der Waals surface area contributed by atoms with Crippen LogP contribution in [0.1, 0.15) is 22.5 Å². The number of hydrogen-bond acceptors (Lipinski definition) is 4. The van der Waals surface area contributed by atoms with Crippen LogP contribution in [0, 0.1) is 13.8 Å². The Bertz CT molecular complexity index is 545. The van der Waals surface area contributed by atoms with E-state index >= 15 is 0 Å². The predicted octanol–water partition coefficient (Wildman–Crippen LogP) is 2.61. The van der Waals surface area contributed by atoms with Gasteiger partial charge in [-0.05, 0) is 19.4 Å². The van der Waals surface area contributed by atoms with Crippen LogP contribution in [-0.2, 0) is 17.8 Å². The van der Waals surface area contributed by atoms with E-state index in [1.54, 1.807) is 0 Å². The molecular weight excluding hydrogens is 232 g/mol. The lowest BCUT2D eigenvalue weighted by molar-refractivity contribution is 0.120. The van der Waals surface area contributed by atoms with Crippen molar-refractivity contribution >= 4 is 0 Å². The topological polar surface area (TPSA) is 52.6 Å². The highest BCUT2D eigenvalue weighted by atomic mass is 16.6. The first-order chi connectivity index (χ1) is 8.63. The average molecular weight is 248 g/mol. The predicted molar refractivity (Wildman–Crippen MR) is 66.5 cm³/mol. The highest BCUT2D eigenvalue weighted by Gasteiger charge is 2.01. The second kappa shape index (κ2) is 5.69. The maximum Gasteiger partial charge on any atom is 0.518 e. The van der Waals surface area contributed by atoms with E-state index in [9.17, 15) is 4.79 Å². The lowest BCUT2D eigenvalue weighted by Gasteiger charge is -2.05. The Kier molecular flexibility index (Phi) is 3.99. The molecule has 0 amide bonds. The number of rotatable bonds is 5. The highest BCUT2D eigenvalue weighted by molar-refractivity contribution is 5.27. The molecule has 4 nitrogen and oxygen atoms in total. The van der Waals surface area contributed by atoms with Gasteiger partial charge in [0, 0.05) is 6.42 Å². The van der Waals surface area contributed by atoms with E-state index < -0.39 is 5.82 Å². The molecule has 0 unspecified atom stereocenters. The van der Waals surface area contributed by atoms with Crippen molar-refractivity contribution in [2.45, 2.75) is 26.9 Å². The van der Waals surface area contributed by atoms with Crippen LogP contribution in [-0.4, -0.2) is 6.61 Å². The summed E-state index contributed by atoms with van der Waals surface area (Å²) in [5.74, 6) is -0.153. The van der Waals surface area contributed by atoms with E-state index in [0.717, 1.165) is 5.56 Å². The highest BCUT2D eigenvalue weighted by Crippen LogP contribution is 2.10. The van der Waals surface area contributed by atoms with E-state index in [2.05, 4.69) is 36.5 Å². The van der Waals surface area contributed by atoms with Crippen molar-refractivity contribution in [1.29, 1.82) is 0 Å². The molecule has 0 aliphatic rings. The van der Waals surface area contributed by atoms with Crippen molar-refractivity contribution in [2.24, 2.45) is 0 Å². The summed E-state index contributed by atoms with van der Waals surface area (Å²) in [6.45, 7) is 5.19. The molecule has 18 heavy (non-hydrogen) atoms. The third-order valence-electron chi connectivity index (χ3n) is 2.54. The first kappa shape index (κ1) is 12.6. The summed E-state index contributed by atoms with van der Waals surface area (Å²) in [6, 6.07) is 6.33. The number of benzene rings is 1. The van der Waals surface area contributed by atoms with Gasteiger partial charge in [0.2, 0.25) is 0 Å². The molecule has 1 heterocycles. The largest absolute Gasteiger partial charge is 0.518 e. The molecule has 2 rings (SSSR count). The van der Waals surface area contributed by atoms with Gasteiger partial charge in [-0.1, -0.05) is 29.3 Å². The van der Waals surface area contributed by atoms with Crippen LogP contribution >= 0.6 is 0 Å². The minimum atomic E-state index is -0.667. The molecule has 0 spiro atoms. The summed E-state index contributed by atoms with van der Waals surface area (Å²) in [6.07, 6.45) is 1.86. The number of ether oxygens (including phenoxy) is 1. The molecule has 4 heteroatoms. The van der Waals surface area contributed by atoms with Gasteiger partial charge in [0.15, 0.2) is 0 Å². The molecular formula is C14H16O4. The zero-order chi connectivity index (χ0) is 13.0. The summed E-state index contributed by atoms with van der Waals surface area (Å²) < 4.78 is 14.8. The Hall–Kier alpha value is -1.81. The molecule has 0 aliphatic heterocycles. The average Bonchev–Trinajstić information content (AvgIpc) is 2.69. The van der Waals surface area contributed by atoms with Gasteiger partial charge in [-0.15, -0.1) is 0 Å². The molecule has 0 N–H and O–H groups in total. The van der Waals surface area contributed by atoms with Gasteiger partial charge < -0.3 is 13.6 Å². The summed E-state index contributed by atoms with van der Waals surface area (Å²) in [7, 11) is 0. The zero-order valence-corrected chi connectivity index (χ0v) is 10.6. The fraction of sp³-hybridized carbons (Fsp3) is 0.357. The molecule has 96 valence electrons. The van der Waals surface area contributed by atoms with Crippen molar-refractivity contribution in [3.63, 3.8) is 0 Å². The second-order valence-electron chi connectivity index (χ2n) is 4.35. The summed E-state index contributed by atoms with van der Waals surface area (Å²) in [4.78, 5) is 10.6. The Morgan fingerprint density at radius 3 is 2.50 bits per heavy atom. The van der Waals surface area contributed by atoms with E-state index in [4.69, 9.17) is 9.15 Å². The first-order valence-corrected chi connectivity index (χ1v) is 5.86. The fourth-order valence-corrected chi connectivity index (χ4v) is 1.89. The van der Waals surface area contributed by atoms with Gasteiger partial charge in [-0.3, -0.25) is 0 Å². The van der Waals surface area contributed by atoms with Crippen LogP contribution in [0.25, 0.3) is 0 Å². The minimum absolute atomic E-state index is 0.495. The zero-order valence-electron chi connectivity index (χ0n) is 10.6. The Labute approximate surface area is 105 Å². The lowest BCUT2D eigenvalue weighted by atomic mass is 10.1. The molecule has 0 aliphatic carbocycles. The summed E-state index contributed by atoms with van der Waals surface area (Å²) in [5, 5.41) is 0. The molecule has 0 atom stereocenters. The molecule has 1 aromatic heterocycles. The smallest absolute Gasteiger partial charge is 0.399 e. The summed E-state index contributed by atoms with van der Waals surface area (Å²) >= 11 is 0. The standard InChI is InChI=1S/C14H16O4/c1-10-5-11(2)7-12(6-10)8-16-4-3-13-9-17-14(15)18-13/h5-7,9H,3-4,8H2,1-2H3. The van der Waals surface area contributed by atoms with E-state index in [1.807, 2.05) is 0 Å². The van der Waals surface area contributed by atoms with Crippen molar-refractivity contribution < 1.29 is 13.6 Å². The van der Waals surface area contributed by atoms with Crippen LogP contribution < -0.4 is 5.82 Å². The van der Waals surface area contributed by atoms with Crippen molar-refractivity contribution in [1.82, 2.24) is 0 Å². The van der Waals surface area contributed by atoms with Crippen molar-refractivity contribution in [3.8, 4) is 0 Å². The SMILES string of the molecule is Cc1cc(C)cc(COCCc2coc(=O)o2)c1. The van der Waals surface area contributed by atoms with E-state index in [0.29, 0.717) is 25.4 Å². The maximum absolute atomic E-state index is 10.6. The van der Waals surface area contributed by atoms with E-state index in [-0.39, 0.29) is 0 Å². The third kappa shape index (κ3) is 3.60. The molecule has 1 aromatic carbocycles. The molecule has 0 saturated carbocycles. The molecule has 0 radical (unpaired) electrons. The fourth-order valence-electron chi connectivity index (χ4n) is 1.89. The Morgan fingerprint density at radius 2 is 1.89 bits per heavy atom. The van der Waals surface area contributed by atoms with Gasteiger partial charge in [0.05, 0.1) is 13.2 Å².